The van der Waals surface area contributed by atoms with Crippen molar-refractivity contribution in [3.63, 3.8) is 0 Å². The van der Waals surface area contributed by atoms with Gasteiger partial charge < -0.3 is 18.8 Å². The number of hydrogen-bond acceptors (Lipinski definition) is 7. The van der Waals surface area contributed by atoms with E-state index in [2.05, 4.69) is 49.6 Å². The number of aryl methyl sites for hydroxylation is 2. The molecule has 4 aromatic rings. The smallest absolute Gasteiger partial charge is 0.338 e. The van der Waals surface area contributed by atoms with Crippen molar-refractivity contribution >= 4 is 23.4 Å². The van der Waals surface area contributed by atoms with Gasteiger partial charge in [-0.1, -0.05) is 36.8 Å². The van der Waals surface area contributed by atoms with E-state index in [9.17, 15) is 9.59 Å². The Hall–Kier alpha value is -4.37. The Morgan fingerprint density at radius 2 is 1.84 bits per heavy atom. The lowest BCUT2D eigenvalue weighted by molar-refractivity contribution is -0.139. The number of methoxy groups -OCH3 is 2. The number of esters is 1. The molecule has 0 amide bonds. The highest BCUT2D eigenvalue weighted by atomic mass is 32.1. The molecular formula is C34H37N3O5S. The van der Waals surface area contributed by atoms with E-state index in [1.54, 1.807) is 37.8 Å². The van der Waals surface area contributed by atoms with Gasteiger partial charge in [0.15, 0.2) is 4.80 Å². The fraction of sp³-hybridized carbons (Fsp3) is 0.324. The van der Waals surface area contributed by atoms with E-state index in [1.807, 2.05) is 25.1 Å². The predicted octanol–water partition coefficient (Wildman–Crippen LogP) is 5.31. The lowest BCUT2D eigenvalue weighted by Gasteiger charge is -2.27. The Morgan fingerprint density at radius 3 is 2.51 bits per heavy atom. The number of thiazole rings is 1. The van der Waals surface area contributed by atoms with Gasteiger partial charge in [-0.15, -0.1) is 0 Å². The van der Waals surface area contributed by atoms with Crippen LogP contribution in [0.3, 0.4) is 0 Å². The normalized spacial score (nSPS) is 14.9. The maximum Gasteiger partial charge on any atom is 0.338 e. The lowest BCUT2D eigenvalue weighted by atomic mass is 9.93. The summed E-state index contributed by atoms with van der Waals surface area (Å²) in [6, 6.07) is 15.0. The number of hydrogen-bond donors (Lipinski definition) is 0. The van der Waals surface area contributed by atoms with E-state index in [0.29, 0.717) is 44.1 Å². The molecular weight excluding hydrogens is 562 g/mol. The highest BCUT2D eigenvalue weighted by Crippen LogP contribution is 2.38. The topological polar surface area (TPSA) is 84.0 Å². The third kappa shape index (κ3) is 5.57. The van der Waals surface area contributed by atoms with Crippen LogP contribution in [0.5, 0.6) is 11.5 Å². The minimum absolute atomic E-state index is 0.199. The molecule has 224 valence electrons. The molecule has 3 heterocycles. The highest BCUT2D eigenvalue weighted by molar-refractivity contribution is 7.07. The molecule has 0 aliphatic carbocycles. The predicted molar refractivity (Wildman–Crippen MR) is 169 cm³/mol. The van der Waals surface area contributed by atoms with Gasteiger partial charge in [0.1, 0.15) is 17.5 Å². The quantitative estimate of drug-likeness (QED) is 0.244. The highest BCUT2D eigenvalue weighted by Gasteiger charge is 2.36. The molecule has 8 nitrogen and oxygen atoms in total. The van der Waals surface area contributed by atoms with Gasteiger partial charge in [0.25, 0.3) is 5.56 Å². The average molecular weight is 600 g/mol. The van der Waals surface area contributed by atoms with Crippen molar-refractivity contribution in [2.24, 2.45) is 4.99 Å². The summed E-state index contributed by atoms with van der Waals surface area (Å²) in [5.74, 6) is 0.612. The number of carbonyl (C=O) groups is 1. The molecule has 43 heavy (non-hydrogen) atoms. The molecule has 0 N–H and O–H groups in total. The van der Waals surface area contributed by atoms with E-state index in [4.69, 9.17) is 19.2 Å². The van der Waals surface area contributed by atoms with Gasteiger partial charge in [-0.25, -0.2) is 9.79 Å². The van der Waals surface area contributed by atoms with E-state index >= 15 is 0 Å². The van der Waals surface area contributed by atoms with E-state index in [-0.39, 0.29) is 12.2 Å². The summed E-state index contributed by atoms with van der Waals surface area (Å²) in [6.45, 7) is 10.2. The first-order valence-electron chi connectivity index (χ1n) is 14.4. The van der Waals surface area contributed by atoms with Gasteiger partial charge in [0.2, 0.25) is 0 Å². The molecule has 2 aromatic carbocycles. The summed E-state index contributed by atoms with van der Waals surface area (Å²) in [5, 5.41) is 0. The van der Waals surface area contributed by atoms with Crippen LogP contribution in [0, 0.1) is 20.8 Å². The van der Waals surface area contributed by atoms with Crippen molar-refractivity contribution in [3.8, 4) is 17.2 Å². The van der Waals surface area contributed by atoms with Crippen molar-refractivity contribution < 1.29 is 19.0 Å². The number of fused-ring (bicyclic) bond motifs is 1. The van der Waals surface area contributed by atoms with Crippen LogP contribution in [0.1, 0.15) is 60.8 Å². The number of rotatable bonds is 9. The average Bonchev–Trinajstić information content (AvgIpc) is 3.45. The minimum atomic E-state index is -0.802. The zero-order valence-corrected chi connectivity index (χ0v) is 26.5. The Kier molecular flexibility index (Phi) is 8.73. The lowest BCUT2D eigenvalue weighted by Crippen LogP contribution is -2.40. The molecule has 0 radical (unpaired) electrons. The third-order valence-electron chi connectivity index (χ3n) is 7.64. The Balaban J connectivity index is 1.77. The first kappa shape index (κ1) is 30.1. The largest absolute Gasteiger partial charge is 0.497 e. The van der Waals surface area contributed by atoms with Crippen LogP contribution in [0.4, 0.5) is 0 Å². The van der Waals surface area contributed by atoms with Crippen LogP contribution >= 0.6 is 11.3 Å². The van der Waals surface area contributed by atoms with Crippen LogP contribution in [0.2, 0.25) is 0 Å². The summed E-state index contributed by atoms with van der Waals surface area (Å²) >= 11 is 1.32. The molecule has 0 saturated carbocycles. The number of ether oxygens (including phenoxy) is 3. The van der Waals surface area contributed by atoms with E-state index in [0.717, 1.165) is 29.1 Å². The molecule has 0 bridgehead atoms. The summed E-state index contributed by atoms with van der Waals surface area (Å²) in [4.78, 5) is 33.2. The maximum absolute atomic E-state index is 14.3. The Morgan fingerprint density at radius 1 is 1.05 bits per heavy atom. The zero-order chi connectivity index (χ0) is 30.8. The van der Waals surface area contributed by atoms with Gasteiger partial charge in [0, 0.05) is 22.6 Å². The zero-order valence-electron chi connectivity index (χ0n) is 25.7. The Bertz CT molecular complexity index is 1910. The fourth-order valence-corrected chi connectivity index (χ4v) is 6.72. The summed E-state index contributed by atoms with van der Waals surface area (Å²) in [5.41, 5.74) is 6.62. The maximum atomic E-state index is 14.3. The molecule has 0 fully saturated rings. The molecule has 0 spiro atoms. The molecule has 9 heteroatoms. The van der Waals surface area contributed by atoms with Crippen LogP contribution in [0.25, 0.3) is 11.8 Å². The van der Waals surface area contributed by atoms with Crippen LogP contribution < -0.4 is 24.4 Å². The first-order chi connectivity index (χ1) is 20.7. The van der Waals surface area contributed by atoms with Gasteiger partial charge in [-0.2, -0.15) is 0 Å². The van der Waals surface area contributed by atoms with E-state index in [1.165, 1.54) is 16.9 Å². The molecule has 0 saturated heterocycles. The molecule has 1 aliphatic rings. The van der Waals surface area contributed by atoms with Crippen LogP contribution in [-0.2, 0) is 9.53 Å². The second-order valence-corrected chi connectivity index (χ2v) is 11.5. The van der Waals surface area contributed by atoms with Crippen LogP contribution in [-0.4, -0.2) is 35.9 Å². The van der Waals surface area contributed by atoms with Crippen molar-refractivity contribution in [2.75, 3.05) is 20.8 Å². The molecule has 0 unspecified atom stereocenters. The molecule has 1 aliphatic heterocycles. The standard InChI is InChI=1S/C34H37N3O5S/c1-8-11-27-30(33(39)42-9-2)31(26-19-25(40-6)14-15-28(26)41-7)37-32(38)29(43-34(37)35-27)18-23-17-21(4)36(22(23)5)24-13-10-12-20(3)16-24/h10,12-19,31H,8-9,11H2,1-7H3/b29-18-/t31-/m1/s1. The summed E-state index contributed by atoms with van der Waals surface area (Å²) in [6.07, 6.45) is 3.24. The SMILES string of the molecule is CCCC1=C(C(=O)OCC)[C@@H](c2cc(OC)ccc2OC)n2c(s/c(=C\c3cc(C)n(-c4cccc(C)c4)c3C)c2=O)=N1. The van der Waals surface area contributed by atoms with Crippen molar-refractivity contribution in [1.82, 2.24) is 9.13 Å². The Labute approximate surface area is 255 Å². The van der Waals surface area contributed by atoms with Crippen molar-refractivity contribution in [3.05, 3.63) is 108 Å². The molecule has 2 aromatic heterocycles. The summed E-state index contributed by atoms with van der Waals surface area (Å²) in [7, 11) is 3.15. The second-order valence-electron chi connectivity index (χ2n) is 10.5. The van der Waals surface area contributed by atoms with Crippen molar-refractivity contribution in [1.29, 1.82) is 0 Å². The van der Waals surface area contributed by atoms with E-state index < -0.39 is 12.0 Å². The van der Waals surface area contributed by atoms with Gasteiger partial charge in [-0.05, 0) is 87.7 Å². The number of aromatic nitrogens is 2. The van der Waals surface area contributed by atoms with Gasteiger partial charge >= 0.3 is 5.97 Å². The van der Waals surface area contributed by atoms with Crippen LogP contribution in [0.15, 0.2) is 69.6 Å². The number of benzene rings is 2. The van der Waals surface area contributed by atoms with Gasteiger partial charge in [-0.3, -0.25) is 9.36 Å². The molecule has 5 rings (SSSR count). The second kappa shape index (κ2) is 12.5. The fourth-order valence-electron chi connectivity index (χ4n) is 5.71. The minimum Gasteiger partial charge on any atom is -0.497 e. The third-order valence-corrected chi connectivity index (χ3v) is 8.62. The summed E-state index contributed by atoms with van der Waals surface area (Å²) < 4.78 is 21.1. The first-order valence-corrected chi connectivity index (χ1v) is 15.2. The monoisotopic (exact) mass is 599 g/mol. The molecule has 1 atom stereocenters. The van der Waals surface area contributed by atoms with Gasteiger partial charge in [0.05, 0.1) is 36.6 Å². The number of nitrogens with zero attached hydrogens (tertiary/aromatic N) is 3. The number of carbonyl (C=O) groups excluding carboxylic acids is 1. The van der Waals surface area contributed by atoms with Crippen molar-refractivity contribution in [2.45, 2.75) is 53.5 Å². The number of allylic oxidation sites excluding steroid dienone is 1.